The van der Waals surface area contributed by atoms with Crippen molar-refractivity contribution in [3.63, 3.8) is 0 Å². The number of furan rings is 1. The van der Waals surface area contributed by atoms with E-state index in [0.29, 0.717) is 13.2 Å². The zero-order valence-corrected chi connectivity index (χ0v) is 13.3. The molecule has 2 rings (SSSR count). The Kier molecular flexibility index (Phi) is 5.39. The number of aliphatic hydroxyl groups excluding tert-OH is 1. The Hall–Kier alpha value is -1.36. The van der Waals surface area contributed by atoms with Crippen molar-refractivity contribution in [1.29, 1.82) is 0 Å². The van der Waals surface area contributed by atoms with Crippen molar-refractivity contribution in [3.05, 3.63) is 35.1 Å². The van der Waals surface area contributed by atoms with Crippen LogP contribution in [0.2, 0.25) is 0 Å². The molecule has 2 unspecified atom stereocenters. The van der Waals surface area contributed by atoms with Gasteiger partial charge in [0.25, 0.3) is 0 Å². The maximum Gasteiger partial charge on any atom is 0.134 e. The van der Waals surface area contributed by atoms with Crippen molar-refractivity contribution in [1.82, 2.24) is 5.32 Å². The molecule has 2 aromatic rings. The smallest absolute Gasteiger partial charge is 0.134 e. The van der Waals surface area contributed by atoms with Gasteiger partial charge in [-0.05, 0) is 32.4 Å². The molecule has 0 bridgehead atoms. The molecular formula is C17H25NO3. The standard InChI is InChI=1S/C17H25NO3/c1-5-14-15-8-11(2)6-7-16(15)21-17(14)12(3)18-9-13(19)10-20-4/h6-8,12-13,18-19H,5,9-10H2,1-4H3. The second-order valence-electron chi connectivity index (χ2n) is 5.54. The average molecular weight is 291 g/mol. The van der Waals surface area contributed by atoms with Gasteiger partial charge in [-0.2, -0.15) is 0 Å². The molecule has 21 heavy (non-hydrogen) atoms. The molecule has 0 saturated carbocycles. The van der Waals surface area contributed by atoms with Gasteiger partial charge in [-0.3, -0.25) is 0 Å². The van der Waals surface area contributed by atoms with Gasteiger partial charge < -0.3 is 19.6 Å². The Bertz CT molecular complexity index is 591. The summed E-state index contributed by atoms with van der Waals surface area (Å²) in [4.78, 5) is 0. The van der Waals surface area contributed by atoms with Crippen LogP contribution in [0.4, 0.5) is 0 Å². The lowest BCUT2D eigenvalue weighted by Crippen LogP contribution is -2.32. The SMILES string of the molecule is CCc1c(C(C)NCC(O)COC)oc2ccc(C)cc12. The number of rotatable bonds is 7. The molecular weight excluding hydrogens is 266 g/mol. The third-order valence-electron chi connectivity index (χ3n) is 3.74. The predicted molar refractivity (Wildman–Crippen MR) is 84.6 cm³/mol. The van der Waals surface area contributed by atoms with E-state index >= 15 is 0 Å². The third-order valence-corrected chi connectivity index (χ3v) is 3.74. The Balaban J connectivity index is 2.20. The molecule has 1 aromatic heterocycles. The Morgan fingerprint density at radius 2 is 2.14 bits per heavy atom. The zero-order chi connectivity index (χ0) is 15.4. The lowest BCUT2D eigenvalue weighted by molar-refractivity contribution is 0.0626. The van der Waals surface area contributed by atoms with E-state index in [9.17, 15) is 5.11 Å². The number of hydrogen-bond donors (Lipinski definition) is 2. The number of nitrogens with one attached hydrogen (secondary N) is 1. The highest BCUT2D eigenvalue weighted by atomic mass is 16.5. The first-order valence-electron chi connectivity index (χ1n) is 7.49. The number of fused-ring (bicyclic) bond motifs is 1. The van der Waals surface area contributed by atoms with E-state index in [-0.39, 0.29) is 6.04 Å². The van der Waals surface area contributed by atoms with Crippen LogP contribution in [0.1, 0.15) is 36.8 Å². The summed E-state index contributed by atoms with van der Waals surface area (Å²) in [7, 11) is 1.59. The maximum atomic E-state index is 9.73. The van der Waals surface area contributed by atoms with Crippen LogP contribution in [0.5, 0.6) is 0 Å². The fraction of sp³-hybridized carbons (Fsp3) is 0.529. The van der Waals surface area contributed by atoms with Crippen molar-refractivity contribution in [2.75, 3.05) is 20.3 Å². The molecule has 0 spiro atoms. The van der Waals surface area contributed by atoms with Crippen molar-refractivity contribution in [2.45, 2.75) is 39.3 Å². The summed E-state index contributed by atoms with van der Waals surface area (Å²) in [5.74, 6) is 0.961. The lowest BCUT2D eigenvalue weighted by Gasteiger charge is -2.16. The van der Waals surface area contributed by atoms with Gasteiger partial charge in [0.2, 0.25) is 0 Å². The van der Waals surface area contributed by atoms with Gasteiger partial charge in [-0.25, -0.2) is 0 Å². The third kappa shape index (κ3) is 3.64. The van der Waals surface area contributed by atoms with Gasteiger partial charge >= 0.3 is 0 Å². The molecule has 0 fully saturated rings. The van der Waals surface area contributed by atoms with E-state index in [0.717, 1.165) is 17.8 Å². The number of aryl methyl sites for hydroxylation is 2. The molecule has 0 saturated heterocycles. The quantitative estimate of drug-likeness (QED) is 0.823. The van der Waals surface area contributed by atoms with Crippen molar-refractivity contribution < 1.29 is 14.3 Å². The summed E-state index contributed by atoms with van der Waals surface area (Å²) < 4.78 is 11.0. The van der Waals surface area contributed by atoms with Crippen LogP contribution >= 0.6 is 0 Å². The monoisotopic (exact) mass is 291 g/mol. The van der Waals surface area contributed by atoms with Crippen molar-refractivity contribution in [3.8, 4) is 0 Å². The van der Waals surface area contributed by atoms with Gasteiger partial charge in [0, 0.05) is 24.6 Å². The molecule has 4 nitrogen and oxygen atoms in total. The Labute approximate surface area is 126 Å². The molecule has 0 aliphatic heterocycles. The summed E-state index contributed by atoms with van der Waals surface area (Å²) in [6, 6.07) is 6.32. The summed E-state index contributed by atoms with van der Waals surface area (Å²) >= 11 is 0. The van der Waals surface area contributed by atoms with Crippen LogP contribution in [0.15, 0.2) is 22.6 Å². The highest BCUT2D eigenvalue weighted by Crippen LogP contribution is 2.31. The molecule has 2 atom stereocenters. The van der Waals surface area contributed by atoms with E-state index < -0.39 is 6.10 Å². The predicted octanol–water partition coefficient (Wildman–Crippen LogP) is 2.96. The van der Waals surface area contributed by atoms with Crippen LogP contribution in [-0.4, -0.2) is 31.5 Å². The number of benzene rings is 1. The number of methoxy groups -OCH3 is 1. The van der Waals surface area contributed by atoms with Crippen LogP contribution in [-0.2, 0) is 11.2 Å². The summed E-state index contributed by atoms with van der Waals surface area (Å²) in [6.45, 7) is 7.11. The molecule has 1 heterocycles. The molecule has 0 amide bonds. The van der Waals surface area contributed by atoms with Crippen molar-refractivity contribution in [2.24, 2.45) is 0 Å². The second kappa shape index (κ2) is 7.07. The van der Waals surface area contributed by atoms with Gasteiger partial charge in [-0.1, -0.05) is 18.6 Å². The van der Waals surface area contributed by atoms with Crippen LogP contribution in [0.25, 0.3) is 11.0 Å². The summed E-state index contributed by atoms with van der Waals surface area (Å²) in [6.07, 6.45) is 0.424. The molecule has 4 heteroatoms. The maximum absolute atomic E-state index is 9.73. The first kappa shape index (κ1) is 16.0. The van der Waals surface area contributed by atoms with E-state index in [1.165, 1.54) is 16.5 Å². The minimum atomic E-state index is -0.505. The summed E-state index contributed by atoms with van der Waals surface area (Å²) in [5.41, 5.74) is 3.41. The number of aliphatic hydroxyl groups is 1. The highest BCUT2D eigenvalue weighted by molar-refractivity contribution is 5.83. The number of hydrogen-bond acceptors (Lipinski definition) is 4. The van der Waals surface area contributed by atoms with Crippen LogP contribution in [0.3, 0.4) is 0 Å². The summed E-state index contributed by atoms with van der Waals surface area (Å²) in [5, 5.41) is 14.2. The minimum absolute atomic E-state index is 0.0548. The number of ether oxygens (including phenoxy) is 1. The molecule has 0 aliphatic rings. The van der Waals surface area contributed by atoms with Gasteiger partial charge in [-0.15, -0.1) is 0 Å². The zero-order valence-electron chi connectivity index (χ0n) is 13.3. The van der Waals surface area contributed by atoms with Crippen LogP contribution in [0, 0.1) is 6.92 Å². The van der Waals surface area contributed by atoms with E-state index in [4.69, 9.17) is 9.15 Å². The fourth-order valence-electron chi connectivity index (χ4n) is 2.65. The molecule has 116 valence electrons. The lowest BCUT2D eigenvalue weighted by atomic mass is 10.0. The van der Waals surface area contributed by atoms with Gasteiger partial charge in [0.1, 0.15) is 11.3 Å². The first-order chi connectivity index (χ1) is 10.1. The molecule has 0 aliphatic carbocycles. The molecule has 1 aromatic carbocycles. The largest absolute Gasteiger partial charge is 0.459 e. The normalized spacial score (nSPS) is 14.5. The Morgan fingerprint density at radius 3 is 2.81 bits per heavy atom. The average Bonchev–Trinajstić information content (AvgIpc) is 2.82. The Morgan fingerprint density at radius 1 is 1.38 bits per heavy atom. The highest BCUT2D eigenvalue weighted by Gasteiger charge is 2.18. The first-order valence-corrected chi connectivity index (χ1v) is 7.49. The second-order valence-corrected chi connectivity index (χ2v) is 5.54. The van der Waals surface area contributed by atoms with E-state index in [1.54, 1.807) is 7.11 Å². The van der Waals surface area contributed by atoms with Gasteiger partial charge in [0.15, 0.2) is 0 Å². The molecule has 2 N–H and O–H groups in total. The van der Waals surface area contributed by atoms with E-state index in [1.807, 2.05) is 6.07 Å². The van der Waals surface area contributed by atoms with Gasteiger partial charge in [0.05, 0.1) is 18.8 Å². The minimum Gasteiger partial charge on any atom is -0.459 e. The fourth-order valence-corrected chi connectivity index (χ4v) is 2.65. The topological polar surface area (TPSA) is 54.6 Å². The molecule has 0 radical (unpaired) electrons. The van der Waals surface area contributed by atoms with Crippen LogP contribution < -0.4 is 5.32 Å². The van der Waals surface area contributed by atoms with Crippen molar-refractivity contribution >= 4 is 11.0 Å². The van der Waals surface area contributed by atoms with E-state index in [2.05, 4.69) is 38.2 Å².